The maximum absolute atomic E-state index is 12.9. The Bertz CT molecular complexity index is 1070. The van der Waals surface area contributed by atoms with Crippen LogP contribution in [0.25, 0.3) is 10.9 Å². The number of piperidine rings is 1. The quantitative estimate of drug-likeness (QED) is 0.379. The van der Waals surface area contributed by atoms with Crippen LogP contribution in [0.4, 0.5) is 5.82 Å². The van der Waals surface area contributed by atoms with Gasteiger partial charge >= 0.3 is 0 Å². The molecule has 0 saturated carbocycles. The van der Waals surface area contributed by atoms with Crippen molar-refractivity contribution in [3.05, 3.63) is 51.2 Å². The lowest BCUT2D eigenvalue weighted by molar-refractivity contribution is 0.388. The number of benzene rings is 1. The van der Waals surface area contributed by atoms with Crippen LogP contribution in [-0.2, 0) is 13.1 Å². The van der Waals surface area contributed by atoms with Gasteiger partial charge in [0.25, 0.3) is 5.56 Å². The topological polar surface area (TPSA) is 99.7 Å². The Kier molecular flexibility index (Phi) is 7.21. The molecule has 4 N–H and O–H groups in total. The van der Waals surface area contributed by atoms with Gasteiger partial charge in [-0.05, 0) is 50.9 Å². The summed E-state index contributed by atoms with van der Waals surface area (Å²) in [5.74, 6) is 0.426. The van der Waals surface area contributed by atoms with Crippen molar-refractivity contribution in [2.45, 2.75) is 51.7 Å². The molecule has 3 heterocycles. The van der Waals surface area contributed by atoms with E-state index in [1.165, 1.54) is 19.3 Å². The molecule has 1 unspecified atom stereocenters. The van der Waals surface area contributed by atoms with E-state index in [0.717, 1.165) is 41.8 Å². The van der Waals surface area contributed by atoms with Gasteiger partial charge in [0.1, 0.15) is 0 Å². The Morgan fingerprint density at radius 2 is 2.19 bits per heavy atom. The van der Waals surface area contributed by atoms with Crippen LogP contribution in [-0.4, -0.2) is 45.4 Å². The number of rotatable bonds is 9. The van der Waals surface area contributed by atoms with Crippen molar-refractivity contribution < 1.29 is 0 Å². The molecule has 4 rings (SSSR count). The van der Waals surface area contributed by atoms with Crippen LogP contribution in [0.15, 0.2) is 29.2 Å². The molecule has 1 atom stereocenters. The Morgan fingerprint density at radius 3 is 3.03 bits per heavy atom. The summed E-state index contributed by atoms with van der Waals surface area (Å²) >= 11 is 6.10. The summed E-state index contributed by atoms with van der Waals surface area (Å²) in [7, 11) is 0. The number of nitrogens with one attached hydrogen (secondary N) is 4. The van der Waals surface area contributed by atoms with E-state index >= 15 is 0 Å². The lowest BCUT2D eigenvalue weighted by Gasteiger charge is -2.23. The van der Waals surface area contributed by atoms with Crippen LogP contribution in [0.3, 0.4) is 0 Å². The van der Waals surface area contributed by atoms with Gasteiger partial charge in [-0.3, -0.25) is 9.89 Å². The summed E-state index contributed by atoms with van der Waals surface area (Å²) in [5, 5.41) is 19.2. The number of nitrogens with zero attached hydrogens (tertiary/aromatic N) is 3. The third-order valence-electron chi connectivity index (χ3n) is 5.86. The van der Waals surface area contributed by atoms with Gasteiger partial charge in [-0.25, -0.2) is 4.98 Å². The highest BCUT2D eigenvalue weighted by atomic mass is 35.5. The van der Waals surface area contributed by atoms with Gasteiger partial charge in [0, 0.05) is 54.5 Å². The van der Waals surface area contributed by atoms with Gasteiger partial charge in [-0.15, -0.1) is 0 Å². The summed E-state index contributed by atoms with van der Waals surface area (Å²) in [5.41, 5.74) is 2.65. The van der Waals surface area contributed by atoms with Crippen LogP contribution < -0.4 is 21.5 Å². The Morgan fingerprint density at radius 1 is 1.29 bits per heavy atom. The minimum Gasteiger partial charge on any atom is -0.365 e. The third-order valence-corrected chi connectivity index (χ3v) is 6.10. The molecule has 1 aromatic carbocycles. The van der Waals surface area contributed by atoms with Gasteiger partial charge in [0.15, 0.2) is 5.82 Å². The molecule has 0 bridgehead atoms. The fourth-order valence-electron chi connectivity index (χ4n) is 4.08. The highest BCUT2D eigenvalue weighted by Crippen LogP contribution is 2.20. The summed E-state index contributed by atoms with van der Waals surface area (Å²) in [6, 6.07) is 6.18. The van der Waals surface area contributed by atoms with Crippen molar-refractivity contribution in [3.63, 3.8) is 0 Å². The first kappa shape index (κ1) is 21.8. The number of hydrogen-bond acceptors (Lipinski definition) is 6. The predicted octanol–water partition coefficient (Wildman–Crippen LogP) is 2.82. The normalized spacial score (nSPS) is 16.6. The second kappa shape index (κ2) is 10.3. The maximum atomic E-state index is 12.9. The number of H-pyrrole nitrogens is 1. The minimum absolute atomic E-state index is 0.0721. The van der Waals surface area contributed by atoms with E-state index in [1.54, 1.807) is 10.8 Å². The number of halogens is 1. The molecule has 1 fully saturated rings. The first-order valence-electron chi connectivity index (χ1n) is 11.0. The van der Waals surface area contributed by atoms with E-state index < -0.39 is 0 Å². The fraction of sp³-hybridized carbons (Fsp3) is 0.500. The zero-order valence-electron chi connectivity index (χ0n) is 17.9. The zero-order valence-corrected chi connectivity index (χ0v) is 18.6. The van der Waals surface area contributed by atoms with Crippen LogP contribution in [0.5, 0.6) is 0 Å². The largest absolute Gasteiger partial charge is 0.365 e. The molecule has 31 heavy (non-hydrogen) atoms. The molecule has 8 nitrogen and oxygen atoms in total. The van der Waals surface area contributed by atoms with Crippen molar-refractivity contribution in [2.24, 2.45) is 0 Å². The molecule has 0 radical (unpaired) electrons. The van der Waals surface area contributed by atoms with Crippen LogP contribution in [0.2, 0.25) is 5.02 Å². The summed E-state index contributed by atoms with van der Waals surface area (Å²) in [4.78, 5) is 17.2. The van der Waals surface area contributed by atoms with E-state index in [1.807, 2.05) is 25.1 Å². The van der Waals surface area contributed by atoms with E-state index in [-0.39, 0.29) is 5.56 Å². The van der Waals surface area contributed by atoms with Crippen molar-refractivity contribution in [3.8, 4) is 0 Å². The maximum Gasteiger partial charge on any atom is 0.293 e. The van der Waals surface area contributed by atoms with Crippen molar-refractivity contribution in [1.29, 1.82) is 0 Å². The first-order valence-corrected chi connectivity index (χ1v) is 11.4. The van der Waals surface area contributed by atoms with Gasteiger partial charge in [-0.2, -0.15) is 5.10 Å². The number of aromatic amines is 1. The first-order chi connectivity index (χ1) is 15.1. The molecule has 0 amide bonds. The molecular formula is C22H30ClN7O. The van der Waals surface area contributed by atoms with E-state index in [9.17, 15) is 4.79 Å². The average Bonchev–Trinajstić information content (AvgIpc) is 3.17. The van der Waals surface area contributed by atoms with Crippen molar-refractivity contribution in [2.75, 3.05) is 25.0 Å². The van der Waals surface area contributed by atoms with Gasteiger partial charge in [0.2, 0.25) is 0 Å². The van der Waals surface area contributed by atoms with E-state index in [2.05, 4.69) is 31.1 Å². The summed E-state index contributed by atoms with van der Waals surface area (Å²) in [6.45, 7) is 5.59. The molecule has 9 heteroatoms. The molecule has 0 spiro atoms. The fourth-order valence-corrected chi connectivity index (χ4v) is 4.25. The second-order valence-corrected chi connectivity index (χ2v) is 8.54. The third kappa shape index (κ3) is 5.44. The van der Waals surface area contributed by atoms with Crippen LogP contribution >= 0.6 is 11.6 Å². The molecule has 0 aliphatic carbocycles. The zero-order chi connectivity index (χ0) is 21.6. The molecule has 1 aliphatic heterocycles. The van der Waals surface area contributed by atoms with Gasteiger partial charge in [0.05, 0.1) is 11.2 Å². The average molecular weight is 444 g/mol. The lowest BCUT2D eigenvalue weighted by Crippen LogP contribution is -2.36. The number of aromatic nitrogens is 4. The summed E-state index contributed by atoms with van der Waals surface area (Å²) in [6.07, 6.45) is 6.50. The molecule has 1 saturated heterocycles. The van der Waals surface area contributed by atoms with Gasteiger partial charge in [-0.1, -0.05) is 18.0 Å². The van der Waals surface area contributed by atoms with Gasteiger partial charge < -0.3 is 20.5 Å². The monoisotopic (exact) mass is 443 g/mol. The summed E-state index contributed by atoms with van der Waals surface area (Å²) < 4.78 is 1.77. The molecule has 166 valence electrons. The van der Waals surface area contributed by atoms with Crippen LogP contribution in [0.1, 0.15) is 37.1 Å². The standard InChI is InChI=1S/C22H30ClN7O/c1-15-13-27-21(26-9-7-17-4-2-3-8-25-17)22(31)30(15)11-10-24-14-20-18-12-16(23)5-6-19(18)28-29-20/h5-6,12-13,17,24-25H,2-4,7-11,14H2,1H3,(H,26,27)(H,28,29). The molecule has 3 aromatic rings. The van der Waals surface area contributed by atoms with Crippen molar-refractivity contribution >= 4 is 28.3 Å². The second-order valence-electron chi connectivity index (χ2n) is 8.11. The predicted molar refractivity (Wildman–Crippen MR) is 125 cm³/mol. The van der Waals surface area contributed by atoms with Crippen LogP contribution in [0, 0.1) is 6.92 Å². The number of hydrogen-bond donors (Lipinski definition) is 4. The number of anilines is 1. The Hall–Kier alpha value is -2.42. The number of aryl methyl sites for hydroxylation is 1. The molecule has 1 aliphatic rings. The highest BCUT2D eigenvalue weighted by molar-refractivity contribution is 6.31. The molecular weight excluding hydrogens is 414 g/mol. The SMILES string of the molecule is Cc1cnc(NCCC2CCCCN2)c(=O)n1CCNCc1[nH]nc2ccc(Cl)cc12. The van der Waals surface area contributed by atoms with E-state index in [0.29, 0.717) is 36.5 Å². The smallest absolute Gasteiger partial charge is 0.293 e. The lowest BCUT2D eigenvalue weighted by atomic mass is 10.0. The van der Waals surface area contributed by atoms with Crippen molar-refractivity contribution in [1.82, 2.24) is 30.4 Å². The minimum atomic E-state index is -0.0721. The molecule has 2 aromatic heterocycles. The Balaban J connectivity index is 1.30. The highest BCUT2D eigenvalue weighted by Gasteiger charge is 2.13. The Labute approximate surface area is 186 Å². The number of fused-ring (bicyclic) bond motifs is 1. The van der Waals surface area contributed by atoms with E-state index in [4.69, 9.17) is 11.6 Å².